The van der Waals surface area contributed by atoms with Crippen molar-refractivity contribution in [3.63, 3.8) is 0 Å². The van der Waals surface area contributed by atoms with Crippen molar-refractivity contribution in [2.24, 2.45) is 5.41 Å². The zero-order valence-corrected chi connectivity index (χ0v) is 12.0. The van der Waals surface area contributed by atoms with Crippen LogP contribution < -0.4 is 5.32 Å². The number of nitrogens with zero attached hydrogens (tertiary/aromatic N) is 2. The van der Waals surface area contributed by atoms with E-state index in [1.807, 2.05) is 6.92 Å². The smallest absolute Gasteiger partial charge is 0.232 e. The van der Waals surface area contributed by atoms with E-state index in [1.165, 1.54) is 11.3 Å². The maximum Gasteiger partial charge on any atom is 0.232 e. The molecular formula is C13H21N3OS. The molecule has 1 aromatic rings. The molecule has 1 aliphatic carbocycles. The second-order valence-corrected chi connectivity index (χ2v) is 6.39. The number of hydrogen-bond acceptors (Lipinski definition) is 4. The summed E-state index contributed by atoms with van der Waals surface area (Å²) in [6.07, 6.45) is 7.52. The van der Waals surface area contributed by atoms with Gasteiger partial charge in [-0.2, -0.15) is 0 Å². The average molecular weight is 267 g/mol. The summed E-state index contributed by atoms with van der Waals surface area (Å²) in [6, 6.07) is 0. The molecule has 0 unspecified atom stereocenters. The van der Waals surface area contributed by atoms with Gasteiger partial charge >= 0.3 is 0 Å². The Morgan fingerprint density at radius 2 is 2.11 bits per heavy atom. The van der Waals surface area contributed by atoms with Crippen molar-refractivity contribution in [3.8, 4) is 0 Å². The molecule has 1 N–H and O–H groups in total. The Bertz CT molecular complexity index is 410. The fourth-order valence-electron chi connectivity index (χ4n) is 2.36. The van der Waals surface area contributed by atoms with E-state index >= 15 is 0 Å². The van der Waals surface area contributed by atoms with Crippen molar-refractivity contribution in [2.45, 2.75) is 58.8 Å². The average Bonchev–Trinajstić information content (AvgIpc) is 2.97. The van der Waals surface area contributed by atoms with Crippen molar-refractivity contribution >= 4 is 22.4 Å². The third-order valence-corrected chi connectivity index (χ3v) is 4.59. The highest BCUT2D eigenvalue weighted by atomic mass is 32.1. The highest BCUT2D eigenvalue weighted by Crippen LogP contribution is 2.38. The molecule has 2 rings (SSSR count). The van der Waals surface area contributed by atoms with Gasteiger partial charge in [-0.25, -0.2) is 0 Å². The molecule has 1 amide bonds. The molecule has 1 heterocycles. The predicted molar refractivity (Wildman–Crippen MR) is 73.7 cm³/mol. The van der Waals surface area contributed by atoms with Gasteiger partial charge in [-0.1, -0.05) is 44.4 Å². The first kappa shape index (κ1) is 13.5. The van der Waals surface area contributed by atoms with E-state index in [4.69, 9.17) is 0 Å². The van der Waals surface area contributed by atoms with Crippen molar-refractivity contribution in [3.05, 3.63) is 5.01 Å². The van der Waals surface area contributed by atoms with Crippen molar-refractivity contribution in [1.29, 1.82) is 0 Å². The van der Waals surface area contributed by atoms with E-state index in [2.05, 4.69) is 22.4 Å². The monoisotopic (exact) mass is 267 g/mol. The molecule has 0 spiro atoms. The zero-order valence-electron chi connectivity index (χ0n) is 11.2. The summed E-state index contributed by atoms with van der Waals surface area (Å²) in [7, 11) is 0. The SMILES string of the molecule is CCCCc1nnc(NC(=O)C2(C)CCCC2)s1. The van der Waals surface area contributed by atoms with Crippen LogP contribution in [0.25, 0.3) is 0 Å². The van der Waals surface area contributed by atoms with Crippen LogP contribution in [0.4, 0.5) is 5.13 Å². The number of carbonyl (C=O) groups is 1. The number of anilines is 1. The lowest BCUT2D eigenvalue weighted by Gasteiger charge is -2.20. The number of aromatic nitrogens is 2. The molecule has 1 aliphatic rings. The molecule has 0 aromatic carbocycles. The molecule has 100 valence electrons. The number of rotatable bonds is 5. The fraction of sp³-hybridized carbons (Fsp3) is 0.769. The number of carbonyl (C=O) groups excluding carboxylic acids is 1. The topological polar surface area (TPSA) is 54.9 Å². The van der Waals surface area contributed by atoms with Gasteiger partial charge in [-0.3, -0.25) is 4.79 Å². The van der Waals surface area contributed by atoms with Gasteiger partial charge in [0.15, 0.2) is 0 Å². The van der Waals surface area contributed by atoms with Crippen LogP contribution in [0.5, 0.6) is 0 Å². The molecular weight excluding hydrogens is 246 g/mol. The highest BCUT2D eigenvalue weighted by Gasteiger charge is 2.36. The third-order valence-electron chi connectivity index (χ3n) is 3.69. The van der Waals surface area contributed by atoms with Crippen molar-refractivity contribution in [2.75, 3.05) is 5.32 Å². The van der Waals surface area contributed by atoms with E-state index in [0.29, 0.717) is 5.13 Å². The van der Waals surface area contributed by atoms with Crippen LogP contribution >= 0.6 is 11.3 Å². The summed E-state index contributed by atoms with van der Waals surface area (Å²) in [6.45, 7) is 4.21. The van der Waals surface area contributed by atoms with Crippen LogP contribution in [0, 0.1) is 5.41 Å². The Labute approximate surface area is 112 Å². The molecule has 0 bridgehead atoms. The number of nitrogens with one attached hydrogen (secondary N) is 1. The Hall–Kier alpha value is -0.970. The van der Waals surface area contributed by atoms with Crippen LogP contribution in [0.3, 0.4) is 0 Å². The van der Waals surface area contributed by atoms with Crippen molar-refractivity contribution < 1.29 is 4.79 Å². The normalized spacial score (nSPS) is 17.9. The molecule has 5 heteroatoms. The number of unbranched alkanes of at least 4 members (excludes halogenated alkanes) is 1. The molecule has 18 heavy (non-hydrogen) atoms. The van der Waals surface area contributed by atoms with Gasteiger partial charge in [0, 0.05) is 11.8 Å². The summed E-state index contributed by atoms with van der Waals surface area (Å²) in [5.74, 6) is 0.109. The molecule has 0 atom stereocenters. The van der Waals surface area contributed by atoms with Gasteiger partial charge < -0.3 is 5.32 Å². The minimum Gasteiger partial charge on any atom is -0.300 e. The van der Waals surface area contributed by atoms with E-state index in [1.54, 1.807) is 0 Å². The predicted octanol–water partition coefficient (Wildman–Crippen LogP) is 3.40. The minimum absolute atomic E-state index is 0.109. The maximum absolute atomic E-state index is 12.2. The summed E-state index contributed by atoms with van der Waals surface area (Å²) in [5.41, 5.74) is -0.199. The van der Waals surface area contributed by atoms with Crippen LogP contribution in [-0.2, 0) is 11.2 Å². The minimum atomic E-state index is -0.199. The molecule has 4 nitrogen and oxygen atoms in total. The number of amides is 1. The molecule has 1 fully saturated rings. The third kappa shape index (κ3) is 3.07. The van der Waals surface area contributed by atoms with Gasteiger partial charge in [0.1, 0.15) is 5.01 Å². The standard InChI is InChI=1S/C13H21N3OS/c1-3-4-7-10-15-16-12(18-10)14-11(17)13(2)8-5-6-9-13/h3-9H2,1-2H3,(H,14,16,17). The Balaban J connectivity index is 1.92. The molecule has 1 saturated carbocycles. The Morgan fingerprint density at radius 3 is 2.78 bits per heavy atom. The van der Waals surface area contributed by atoms with Crippen LogP contribution in [0.1, 0.15) is 57.4 Å². The molecule has 1 aromatic heterocycles. The van der Waals surface area contributed by atoms with Crippen LogP contribution in [-0.4, -0.2) is 16.1 Å². The zero-order chi connectivity index (χ0) is 13.0. The maximum atomic E-state index is 12.2. The van der Waals surface area contributed by atoms with Crippen LogP contribution in [0.2, 0.25) is 0 Å². The fourth-order valence-corrected chi connectivity index (χ4v) is 3.14. The highest BCUT2D eigenvalue weighted by molar-refractivity contribution is 7.15. The summed E-state index contributed by atoms with van der Waals surface area (Å²) in [5, 5.41) is 12.8. The lowest BCUT2D eigenvalue weighted by molar-refractivity contribution is -0.124. The largest absolute Gasteiger partial charge is 0.300 e. The van der Waals surface area contributed by atoms with E-state index in [9.17, 15) is 4.79 Å². The van der Waals surface area contributed by atoms with Gasteiger partial charge in [-0.15, -0.1) is 10.2 Å². The van der Waals surface area contributed by atoms with Gasteiger partial charge in [0.05, 0.1) is 0 Å². The lowest BCUT2D eigenvalue weighted by atomic mass is 9.88. The number of hydrogen-bond donors (Lipinski definition) is 1. The first-order chi connectivity index (χ1) is 8.64. The van der Waals surface area contributed by atoms with E-state index in [-0.39, 0.29) is 11.3 Å². The first-order valence-electron chi connectivity index (χ1n) is 6.78. The second kappa shape index (κ2) is 5.78. The van der Waals surface area contributed by atoms with E-state index < -0.39 is 0 Å². The summed E-state index contributed by atoms with van der Waals surface area (Å²) < 4.78 is 0. The van der Waals surface area contributed by atoms with E-state index in [0.717, 1.165) is 50.0 Å². The van der Waals surface area contributed by atoms with Gasteiger partial charge in [0.25, 0.3) is 0 Å². The molecule has 0 radical (unpaired) electrons. The summed E-state index contributed by atoms with van der Waals surface area (Å²) >= 11 is 1.50. The van der Waals surface area contributed by atoms with Gasteiger partial charge in [0.2, 0.25) is 11.0 Å². The Kier molecular flexibility index (Phi) is 4.32. The van der Waals surface area contributed by atoms with Crippen molar-refractivity contribution in [1.82, 2.24) is 10.2 Å². The van der Waals surface area contributed by atoms with Gasteiger partial charge in [-0.05, 0) is 19.3 Å². The molecule has 0 aliphatic heterocycles. The number of aryl methyl sites for hydroxylation is 1. The first-order valence-corrected chi connectivity index (χ1v) is 7.59. The lowest BCUT2D eigenvalue weighted by Crippen LogP contribution is -2.30. The Morgan fingerprint density at radius 1 is 1.39 bits per heavy atom. The van der Waals surface area contributed by atoms with Crippen LogP contribution in [0.15, 0.2) is 0 Å². The quantitative estimate of drug-likeness (QED) is 0.889. The summed E-state index contributed by atoms with van der Waals surface area (Å²) in [4.78, 5) is 12.2. The second-order valence-electron chi connectivity index (χ2n) is 5.33. The molecule has 0 saturated heterocycles.